The molecule has 0 unspecified atom stereocenters. The molecule has 3 aromatic rings. The predicted octanol–water partition coefficient (Wildman–Crippen LogP) is 4.88. The molecule has 1 aromatic heterocycles. The Kier molecular flexibility index (Phi) is 4.94. The average Bonchev–Trinajstić information content (AvgIpc) is 3.10. The van der Waals surface area contributed by atoms with Crippen LogP contribution in [0, 0.1) is 6.92 Å². The van der Waals surface area contributed by atoms with Crippen molar-refractivity contribution in [1.29, 1.82) is 0 Å². The molecule has 2 saturated heterocycles. The van der Waals surface area contributed by atoms with Crippen LogP contribution in [-0.4, -0.2) is 58.3 Å². The molecule has 34 heavy (non-hydrogen) atoms. The summed E-state index contributed by atoms with van der Waals surface area (Å²) >= 11 is 6.15. The number of fused-ring (bicyclic) bond motifs is 3. The van der Waals surface area contributed by atoms with Gasteiger partial charge in [0.05, 0.1) is 10.4 Å². The number of benzene rings is 2. The standard InChI is InChI=1S/C25H25ClN4O3S/c1-16-27-28-24-18(13-23(31)29-14-25(15-29)10-11-34(25,32)33)12-21(17-6-8-19(26)9-7-17)20-4-2-3-5-22(20)30(16)24/h2-9,12,18,32-33H,10-11,13-15H2,1H3/t18-/m0/s1. The van der Waals surface area contributed by atoms with Gasteiger partial charge in [-0.1, -0.05) is 48.0 Å². The van der Waals surface area contributed by atoms with Gasteiger partial charge in [-0.15, -0.1) is 10.2 Å². The Bertz CT molecular complexity index is 1330. The molecule has 3 aliphatic rings. The molecule has 0 radical (unpaired) electrons. The van der Waals surface area contributed by atoms with Crippen molar-refractivity contribution in [3.8, 4) is 5.69 Å². The van der Waals surface area contributed by atoms with Gasteiger partial charge in [0, 0.05) is 41.8 Å². The maximum absolute atomic E-state index is 13.3. The normalized spacial score (nSPS) is 22.5. The van der Waals surface area contributed by atoms with E-state index in [-0.39, 0.29) is 18.2 Å². The maximum Gasteiger partial charge on any atom is 0.223 e. The summed E-state index contributed by atoms with van der Waals surface area (Å²) in [6, 6.07) is 15.8. The Balaban J connectivity index is 1.38. The van der Waals surface area contributed by atoms with Crippen molar-refractivity contribution in [3.05, 3.63) is 82.4 Å². The van der Waals surface area contributed by atoms with Crippen LogP contribution in [0.3, 0.4) is 0 Å². The number of aryl methyl sites for hydroxylation is 1. The van der Waals surface area contributed by atoms with Crippen molar-refractivity contribution in [2.45, 2.75) is 30.4 Å². The fourth-order valence-electron chi connectivity index (χ4n) is 5.29. The van der Waals surface area contributed by atoms with Gasteiger partial charge in [-0.25, -0.2) is 0 Å². The monoisotopic (exact) mass is 496 g/mol. The predicted molar refractivity (Wildman–Crippen MR) is 134 cm³/mol. The SMILES string of the molecule is Cc1nnc2n1-c1ccccc1C(c1ccc(Cl)cc1)=C[C@H]2CC(=O)N1CC2(CCS2(O)O)C1. The average molecular weight is 497 g/mol. The molecule has 176 valence electrons. The van der Waals surface area contributed by atoms with Gasteiger partial charge in [0.25, 0.3) is 0 Å². The van der Waals surface area contributed by atoms with Crippen molar-refractivity contribution < 1.29 is 13.9 Å². The molecule has 0 aliphatic carbocycles. The van der Waals surface area contributed by atoms with E-state index in [1.54, 1.807) is 4.90 Å². The van der Waals surface area contributed by atoms with Gasteiger partial charge in [0.15, 0.2) is 0 Å². The maximum atomic E-state index is 13.3. The fourth-order valence-corrected chi connectivity index (χ4v) is 7.29. The Morgan fingerprint density at radius 2 is 1.88 bits per heavy atom. The van der Waals surface area contributed by atoms with Crippen LogP contribution >= 0.6 is 22.2 Å². The van der Waals surface area contributed by atoms with Gasteiger partial charge in [-0.05, 0) is 42.7 Å². The first kappa shape index (κ1) is 21.9. The second-order valence-electron chi connectivity index (χ2n) is 9.41. The lowest BCUT2D eigenvalue weighted by Crippen LogP contribution is -2.70. The third-order valence-corrected chi connectivity index (χ3v) is 10.3. The minimum atomic E-state index is -2.56. The van der Waals surface area contributed by atoms with E-state index in [4.69, 9.17) is 11.6 Å². The lowest BCUT2D eigenvalue weighted by atomic mass is 9.90. The Hall–Kier alpha value is -2.65. The van der Waals surface area contributed by atoms with Crippen molar-refractivity contribution in [1.82, 2.24) is 19.7 Å². The van der Waals surface area contributed by atoms with Gasteiger partial charge in [0.1, 0.15) is 11.6 Å². The first-order chi connectivity index (χ1) is 16.3. The second-order valence-corrected chi connectivity index (χ2v) is 12.5. The summed E-state index contributed by atoms with van der Waals surface area (Å²) in [4.78, 5) is 15.0. The van der Waals surface area contributed by atoms with Crippen LogP contribution in [0.5, 0.6) is 0 Å². The zero-order valence-corrected chi connectivity index (χ0v) is 20.3. The van der Waals surface area contributed by atoms with Crippen LogP contribution in [-0.2, 0) is 4.79 Å². The number of hydrogen-bond donors (Lipinski definition) is 2. The Morgan fingerprint density at radius 3 is 2.56 bits per heavy atom. The van der Waals surface area contributed by atoms with Crippen LogP contribution < -0.4 is 0 Å². The molecule has 3 aliphatic heterocycles. The molecule has 1 amide bonds. The van der Waals surface area contributed by atoms with Gasteiger partial charge < -0.3 is 4.90 Å². The lowest BCUT2D eigenvalue weighted by molar-refractivity contribution is -0.137. The summed E-state index contributed by atoms with van der Waals surface area (Å²) in [5.74, 6) is 1.64. The molecule has 1 spiro atoms. The smallest absolute Gasteiger partial charge is 0.223 e. The quantitative estimate of drug-likeness (QED) is 0.539. The number of carbonyl (C=O) groups excluding carboxylic acids is 1. The topological polar surface area (TPSA) is 91.5 Å². The van der Waals surface area contributed by atoms with Gasteiger partial charge in [0.2, 0.25) is 5.91 Å². The number of allylic oxidation sites excluding steroid dienone is 1. The van der Waals surface area contributed by atoms with Crippen molar-refractivity contribution in [2.75, 3.05) is 18.8 Å². The molecule has 7 nitrogen and oxygen atoms in total. The van der Waals surface area contributed by atoms with Crippen molar-refractivity contribution in [3.63, 3.8) is 0 Å². The summed E-state index contributed by atoms with van der Waals surface area (Å²) in [5.41, 5.74) is 4.04. The summed E-state index contributed by atoms with van der Waals surface area (Å²) in [6.45, 7) is 2.75. The minimum Gasteiger partial charge on any atom is -0.338 e. The molecule has 1 atom stereocenters. The number of nitrogens with zero attached hydrogens (tertiary/aromatic N) is 4. The molecule has 2 N–H and O–H groups in total. The van der Waals surface area contributed by atoms with E-state index >= 15 is 0 Å². The number of para-hydroxylation sites is 1. The first-order valence-electron chi connectivity index (χ1n) is 11.3. The first-order valence-corrected chi connectivity index (χ1v) is 13.4. The van der Waals surface area contributed by atoms with Gasteiger partial charge in [-0.2, -0.15) is 10.6 Å². The summed E-state index contributed by atoms with van der Waals surface area (Å²) < 4.78 is 22.0. The molecule has 4 heterocycles. The number of likely N-dealkylation sites (tertiary alicyclic amines) is 1. The molecule has 6 rings (SSSR count). The van der Waals surface area contributed by atoms with E-state index in [9.17, 15) is 13.9 Å². The second kappa shape index (κ2) is 7.68. The molecule has 2 fully saturated rings. The van der Waals surface area contributed by atoms with E-state index in [1.165, 1.54) is 0 Å². The van der Waals surface area contributed by atoms with Crippen LogP contribution in [0.25, 0.3) is 11.3 Å². The van der Waals surface area contributed by atoms with Crippen LogP contribution in [0.4, 0.5) is 0 Å². The molecule has 2 aromatic carbocycles. The third kappa shape index (κ3) is 3.24. The van der Waals surface area contributed by atoms with E-state index in [1.807, 2.05) is 54.0 Å². The number of amides is 1. The highest BCUT2D eigenvalue weighted by Gasteiger charge is 2.60. The van der Waals surface area contributed by atoms with Crippen LogP contribution in [0.2, 0.25) is 5.02 Å². The molecular weight excluding hydrogens is 472 g/mol. The highest BCUT2D eigenvalue weighted by atomic mass is 35.5. The Morgan fingerprint density at radius 1 is 1.15 bits per heavy atom. The molecule has 0 bridgehead atoms. The number of aromatic nitrogens is 3. The summed E-state index contributed by atoms with van der Waals surface area (Å²) in [6.07, 6.45) is 3.12. The van der Waals surface area contributed by atoms with Crippen molar-refractivity contribution >= 4 is 33.7 Å². The zero-order valence-electron chi connectivity index (χ0n) is 18.7. The number of carbonyl (C=O) groups is 1. The van der Waals surface area contributed by atoms with Gasteiger partial charge in [-0.3, -0.25) is 18.5 Å². The molecule has 0 saturated carbocycles. The van der Waals surface area contributed by atoms with E-state index < -0.39 is 15.3 Å². The van der Waals surface area contributed by atoms with Gasteiger partial charge >= 0.3 is 0 Å². The third-order valence-electron chi connectivity index (χ3n) is 7.38. The molecular formula is C25H25ClN4O3S. The highest BCUT2D eigenvalue weighted by Crippen LogP contribution is 2.67. The molecule has 9 heteroatoms. The minimum absolute atomic E-state index is 0.0115. The van der Waals surface area contributed by atoms with Crippen LogP contribution in [0.1, 0.15) is 41.5 Å². The Labute approximate surface area is 204 Å². The van der Waals surface area contributed by atoms with E-state index in [0.717, 1.165) is 40.5 Å². The lowest BCUT2D eigenvalue weighted by Gasteiger charge is -2.67. The van der Waals surface area contributed by atoms with Crippen molar-refractivity contribution in [2.24, 2.45) is 0 Å². The largest absolute Gasteiger partial charge is 0.338 e. The summed E-state index contributed by atoms with van der Waals surface area (Å²) in [7, 11) is -2.56. The van der Waals surface area contributed by atoms with Crippen LogP contribution in [0.15, 0.2) is 54.6 Å². The number of hydrogen-bond acceptors (Lipinski definition) is 5. The number of halogens is 1. The number of rotatable bonds is 3. The highest BCUT2D eigenvalue weighted by molar-refractivity contribution is 8.26. The summed E-state index contributed by atoms with van der Waals surface area (Å²) in [5, 5.41) is 9.47. The fraction of sp³-hybridized carbons (Fsp3) is 0.320. The van der Waals surface area contributed by atoms with E-state index in [0.29, 0.717) is 23.9 Å². The van der Waals surface area contributed by atoms with E-state index in [2.05, 4.69) is 22.3 Å². The zero-order chi connectivity index (χ0) is 23.7.